The number of anilines is 3. The van der Waals surface area contributed by atoms with E-state index in [2.05, 4.69) is 31.4 Å². The maximum Gasteiger partial charge on any atom is 1.00 e. The fourth-order valence-electron chi connectivity index (χ4n) is 5.35. The van der Waals surface area contributed by atoms with E-state index >= 15 is 0 Å². The van der Waals surface area contributed by atoms with Crippen molar-refractivity contribution in [3.05, 3.63) is 78.7 Å². The summed E-state index contributed by atoms with van der Waals surface area (Å²) in [6.07, 6.45) is 13.3. The molecule has 228 valence electrons. The SMILES string of the molecule is [CH-]=C/C(=C\[C-]=NC=[N-])Oc1ccc(Nc2ncnc3cc4c(nc23)N2CCC(CCC(=O)/C=C/CN(C)C)C(CO4)C2)cc1.[Li+]. The Bertz CT molecular complexity index is 1590. The molecule has 45 heavy (non-hydrogen) atoms. The smallest absolute Gasteiger partial charge is 0.577 e. The van der Waals surface area contributed by atoms with Crippen molar-refractivity contribution < 1.29 is 33.1 Å². The van der Waals surface area contributed by atoms with Gasteiger partial charge in [-0.3, -0.25) is 11.4 Å². The van der Waals surface area contributed by atoms with E-state index in [1.165, 1.54) is 18.5 Å². The number of carbonyl (C=O) groups is 1. The van der Waals surface area contributed by atoms with E-state index < -0.39 is 0 Å². The van der Waals surface area contributed by atoms with Gasteiger partial charge in [-0.05, 0) is 63.2 Å². The van der Waals surface area contributed by atoms with Crippen LogP contribution in [0.3, 0.4) is 0 Å². The van der Waals surface area contributed by atoms with Crippen LogP contribution < -0.4 is 38.6 Å². The van der Waals surface area contributed by atoms with Gasteiger partial charge in [-0.25, -0.2) is 27.5 Å². The average molecular weight is 599 g/mol. The number of aliphatic imine (C=N–C) groups is 1. The molecule has 0 amide bonds. The number of nitrogens with zero attached hydrogens (tertiary/aromatic N) is 7. The fourth-order valence-corrected chi connectivity index (χ4v) is 5.35. The number of hydrogen-bond donors (Lipinski definition) is 1. The van der Waals surface area contributed by atoms with Crippen LogP contribution in [0.15, 0.2) is 71.7 Å². The van der Waals surface area contributed by atoms with Crippen molar-refractivity contribution in [2.45, 2.75) is 19.3 Å². The molecule has 2 aromatic heterocycles. The molecule has 2 aliphatic rings. The van der Waals surface area contributed by atoms with E-state index in [9.17, 15) is 4.79 Å². The van der Waals surface area contributed by atoms with E-state index in [1.54, 1.807) is 18.2 Å². The van der Waals surface area contributed by atoms with E-state index in [0.717, 1.165) is 44.0 Å². The summed E-state index contributed by atoms with van der Waals surface area (Å²) in [4.78, 5) is 34.1. The number of fused-ring (bicyclic) bond motifs is 5. The molecule has 2 bridgehead atoms. The van der Waals surface area contributed by atoms with E-state index in [0.29, 0.717) is 65.3 Å². The number of benzene rings is 1. The molecule has 0 saturated carbocycles. The van der Waals surface area contributed by atoms with Gasteiger partial charge in [0.25, 0.3) is 0 Å². The van der Waals surface area contributed by atoms with Crippen molar-refractivity contribution in [3.63, 3.8) is 0 Å². The molecule has 1 N–H and O–H groups in total. The zero-order valence-electron chi connectivity index (χ0n) is 25.9. The molecule has 2 atom stereocenters. The molecule has 2 aliphatic heterocycles. The second-order valence-corrected chi connectivity index (χ2v) is 11.0. The quantitative estimate of drug-likeness (QED) is 0.0597. The number of carbonyl (C=O) groups excluding carboxylic acids is 1. The van der Waals surface area contributed by atoms with Crippen LogP contribution in [0.1, 0.15) is 19.3 Å². The summed E-state index contributed by atoms with van der Waals surface area (Å²) in [7, 11) is 3.97. The minimum atomic E-state index is 0. The van der Waals surface area contributed by atoms with Gasteiger partial charge in [-0.15, -0.1) is 6.08 Å². The second-order valence-electron chi connectivity index (χ2n) is 11.0. The molecule has 3 aromatic rings. The van der Waals surface area contributed by atoms with E-state index in [-0.39, 0.29) is 24.6 Å². The molecule has 5 rings (SSSR count). The van der Waals surface area contributed by atoms with Crippen LogP contribution in [0.4, 0.5) is 17.3 Å². The Morgan fingerprint density at radius 3 is 2.89 bits per heavy atom. The number of pyridine rings is 1. The molecular weight excluding hydrogens is 563 g/mol. The predicted octanol–water partition coefficient (Wildman–Crippen LogP) is 1.87. The molecule has 2 unspecified atom stereocenters. The minimum absolute atomic E-state index is 0. The topological polar surface area (TPSA) is 127 Å². The standard InChI is InChI=1S/C33H35N8O3.Li/c1-4-27(13-15-35-21-34)44-28-11-8-25(9-12-28)38-32-31-29(36-22-37-32)18-30-33(39-31)41-17-14-23(24(19-41)20-43-30)7-10-26(42)6-5-16-40(2)3;/h1,4-6,8-9,11-13,18,21-24H,7,10,14,16-17,19-20H2,2-3H3,(H,36,37,38);/q-3;+1/b6-5+,27-13+;. The van der Waals surface area contributed by atoms with Gasteiger partial charge in [0.2, 0.25) is 0 Å². The number of aromatic nitrogens is 3. The third-order valence-corrected chi connectivity index (χ3v) is 7.59. The van der Waals surface area contributed by atoms with E-state index in [1.807, 2.05) is 43.3 Å². The Labute approximate surface area is 275 Å². The molecular formula is C33H35LiN8O3-2. The Hall–Kier alpha value is -4.30. The number of piperidine rings is 1. The first-order valence-corrected chi connectivity index (χ1v) is 14.5. The van der Waals surface area contributed by atoms with Gasteiger partial charge in [-0.2, -0.15) is 6.08 Å². The molecule has 11 nitrogen and oxygen atoms in total. The molecule has 1 saturated heterocycles. The van der Waals surface area contributed by atoms with Gasteiger partial charge >= 0.3 is 18.9 Å². The summed E-state index contributed by atoms with van der Waals surface area (Å²) >= 11 is 0. The predicted molar refractivity (Wildman–Crippen MR) is 173 cm³/mol. The van der Waals surface area contributed by atoms with Crippen molar-refractivity contribution in [2.75, 3.05) is 50.6 Å². The second kappa shape index (κ2) is 16.1. The monoisotopic (exact) mass is 598 g/mol. The van der Waals surface area contributed by atoms with Crippen LogP contribution in [0, 0.1) is 18.4 Å². The third kappa shape index (κ3) is 8.88. The van der Waals surface area contributed by atoms with Crippen molar-refractivity contribution in [1.29, 1.82) is 0 Å². The van der Waals surface area contributed by atoms with Crippen LogP contribution in [0.5, 0.6) is 11.5 Å². The molecule has 0 spiro atoms. The Morgan fingerprint density at radius 2 is 2.13 bits per heavy atom. The zero-order chi connectivity index (χ0) is 30.9. The van der Waals surface area contributed by atoms with Gasteiger partial charge in [-0.1, -0.05) is 6.08 Å². The minimum Gasteiger partial charge on any atom is -0.577 e. The van der Waals surface area contributed by atoms with Gasteiger partial charge in [0.05, 0.1) is 12.1 Å². The van der Waals surface area contributed by atoms with Gasteiger partial charge in [0.15, 0.2) is 23.2 Å². The fraction of sp³-hybridized carbons (Fsp3) is 0.333. The first-order chi connectivity index (χ1) is 21.4. The van der Waals surface area contributed by atoms with Crippen LogP contribution in [0.25, 0.3) is 16.4 Å². The van der Waals surface area contributed by atoms with Gasteiger partial charge in [0, 0.05) is 49.5 Å². The molecule has 0 aliphatic carbocycles. The third-order valence-electron chi connectivity index (χ3n) is 7.59. The first-order valence-electron chi connectivity index (χ1n) is 14.5. The maximum atomic E-state index is 12.4. The van der Waals surface area contributed by atoms with E-state index in [4.69, 9.17) is 26.4 Å². The number of allylic oxidation sites excluding steroid dienone is 3. The number of ketones is 1. The molecule has 12 heteroatoms. The van der Waals surface area contributed by atoms with Crippen LogP contribution in [-0.4, -0.2) is 78.5 Å². The Balaban J connectivity index is 0.00000461. The summed E-state index contributed by atoms with van der Waals surface area (Å²) < 4.78 is 12.0. The number of rotatable bonds is 13. The van der Waals surface area contributed by atoms with Crippen LogP contribution in [-0.2, 0) is 4.79 Å². The van der Waals surface area contributed by atoms with Crippen LogP contribution >= 0.6 is 0 Å². The summed E-state index contributed by atoms with van der Waals surface area (Å²) in [6.45, 7) is 8.62. The first kappa shape index (κ1) is 33.6. The summed E-state index contributed by atoms with van der Waals surface area (Å²) in [5.41, 5.74) is 2.10. The van der Waals surface area contributed by atoms with Crippen molar-refractivity contribution in [3.8, 4) is 11.5 Å². The van der Waals surface area contributed by atoms with Crippen molar-refractivity contribution in [2.24, 2.45) is 16.8 Å². The number of likely N-dealkylation sites (N-methyl/N-ethyl adjacent to an activating group) is 1. The molecule has 1 aromatic carbocycles. The van der Waals surface area contributed by atoms with Crippen molar-refractivity contribution in [1.82, 2.24) is 19.9 Å². The average Bonchev–Trinajstić information content (AvgIpc) is 3.16. The zero-order valence-corrected chi connectivity index (χ0v) is 25.9. The largest absolute Gasteiger partial charge is 1.00 e. The maximum absolute atomic E-state index is 12.4. The van der Waals surface area contributed by atoms with Crippen LogP contribution in [0.2, 0.25) is 0 Å². The van der Waals surface area contributed by atoms with Gasteiger partial charge < -0.3 is 35.0 Å². The number of ether oxygens (including phenoxy) is 2. The van der Waals surface area contributed by atoms with Crippen molar-refractivity contribution >= 4 is 46.7 Å². The van der Waals surface area contributed by atoms with Gasteiger partial charge in [0.1, 0.15) is 17.6 Å². The Morgan fingerprint density at radius 1 is 1.31 bits per heavy atom. The Kier molecular flexibility index (Phi) is 12.0. The molecule has 1 fully saturated rings. The summed E-state index contributed by atoms with van der Waals surface area (Å²) in [6, 6.07) is 9.19. The normalized spacial score (nSPS) is 17.8. The molecule has 4 heterocycles. The number of hydrogen-bond acceptors (Lipinski definition) is 9. The molecule has 0 radical (unpaired) electrons. The number of nitrogens with one attached hydrogen (secondary N) is 1. The summed E-state index contributed by atoms with van der Waals surface area (Å²) in [5.74, 6) is 3.86. The summed E-state index contributed by atoms with van der Waals surface area (Å²) in [5, 5.41) is 12.0.